The molecule has 1 aliphatic rings. The van der Waals surface area contributed by atoms with E-state index in [9.17, 15) is 5.11 Å². The first-order chi connectivity index (χ1) is 8.67. The summed E-state index contributed by atoms with van der Waals surface area (Å²) in [5.41, 5.74) is 1.72. The third-order valence-electron chi connectivity index (χ3n) is 4.26. The van der Waals surface area contributed by atoms with Crippen molar-refractivity contribution in [3.8, 4) is 0 Å². The van der Waals surface area contributed by atoms with Gasteiger partial charge in [-0.15, -0.1) is 0 Å². The second-order valence-electron chi connectivity index (χ2n) is 5.66. The van der Waals surface area contributed by atoms with Crippen LogP contribution in [0.15, 0.2) is 28.7 Å². The van der Waals surface area contributed by atoms with E-state index >= 15 is 0 Å². The molecule has 1 unspecified atom stereocenters. The molecule has 1 aromatic carbocycles. The molecule has 18 heavy (non-hydrogen) atoms. The number of para-hydroxylation sites is 2. The van der Waals surface area contributed by atoms with Crippen LogP contribution < -0.4 is 0 Å². The molecule has 1 aromatic heterocycles. The third-order valence-corrected chi connectivity index (χ3v) is 4.26. The van der Waals surface area contributed by atoms with Crippen LogP contribution >= 0.6 is 0 Å². The Labute approximate surface area is 107 Å². The monoisotopic (exact) mass is 245 g/mol. The Hall–Kier alpha value is -1.35. The first-order valence-electron chi connectivity index (χ1n) is 6.70. The van der Waals surface area contributed by atoms with E-state index < -0.39 is 0 Å². The minimum absolute atomic E-state index is 0.0423. The summed E-state index contributed by atoms with van der Waals surface area (Å²) in [5.74, 6) is 0.650. The average molecular weight is 245 g/mol. The maximum atomic E-state index is 10.4. The van der Waals surface area contributed by atoms with Crippen molar-refractivity contribution in [2.24, 2.45) is 5.41 Å². The molecule has 3 nitrogen and oxygen atoms in total. The normalized spacial score (nSPS) is 20.3. The second kappa shape index (κ2) is 4.39. The van der Waals surface area contributed by atoms with E-state index in [-0.39, 0.29) is 11.5 Å². The summed E-state index contributed by atoms with van der Waals surface area (Å²) in [6.07, 6.45) is 4.82. The number of aliphatic hydroxyl groups is 1. The Morgan fingerprint density at radius 3 is 2.78 bits per heavy atom. The van der Waals surface area contributed by atoms with E-state index in [1.165, 1.54) is 12.8 Å². The van der Waals surface area contributed by atoms with Gasteiger partial charge in [0.05, 0.1) is 12.5 Å². The second-order valence-corrected chi connectivity index (χ2v) is 5.66. The molecule has 0 bridgehead atoms. The quantitative estimate of drug-likeness (QED) is 0.902. The minimum atomic E-state index is -0.354. The van der Waals surface area contributed by atoms with Gasteiger partial charge in [-0.3, -0.25) is 0 Å². The van der Waals surface area contributed by atoms with E-state index in [2.05, 4.69) is 11.9 Å². The fourth-order valence-electron chi connectivity index (χ4n) is 2.93. The molecular weight excluding hydrogens is 226 g/mol. The van der Waals surface area contributed by atoms with E-state index in [1.54, 1.807) is 0 Å². The number of rotatable bonds is 3. The van der Waals surface area contributed by atoms with Gasteiger partial charge in [-0.25, -0.2) is 4.98 Å². The first-order valence-corrected chi connectivity index (χ1v) is 6.70. The molecule has 0 amide bonds. The van der Waals surface area contributed by atoms with Crippen molar-refractivity contribution in [2.45, 2.75) is 45.1 Å². The molecule has 0 saturated heterocycles. The molecule has 96 valence electrons. The number of hydrogen-bond donors (Lipinski definition) is 1. The van der Waals surface area contributed by atoms with Crippen LogP contribution in [0.5, 0.6) is 0 Å². The fourth-order valence-corrected chi connectivity index (χ4v) is 2.93. The molecule has 1 saturated carbocycles. The summed E-state index contributed by atoms with van der Waals surface area (Å²) in [6.45, 7) is 2.17. The van der Waals surface area contributed by atoms with E-state index in [0.717, 1.165) is 23.9 Å². The number of fused-ring (bicyclic) bond motifs is 1. The number of oxazole rings is 1. The summed E-state index contributed by atoms with van der Waals surface area (Å²) >= 11 is 0. The molecule has 1 atom stereocenters. The summed E-state index contributed by atoms with van der Waals surface area (Å²) < 4.78 is 5.67. The van der Waals surface area contributed by atoms with E-state index in [0.29, 0.717) is 12.3 Å². The lowest BCUT2D eigenvalue weighted by Crippen LogP contribution is -2.31. The molecule has 1 N–H and O–H groups in total. The highest BCUT2D eigenvalue weighted by molar-refractivity contribution is 5.72. The Morgan fingerprint density at radius 2 is 2.06 bits per heavy atom. The summed E-state index contributed by atoms with van der Waals surface area (Å²) in [4.78, 5) is 4.43. The number of aromatic nitrogens is 1. The zero-order valence-electron chi connectivity index (χ0n) is 10.7. The van der Waals surface area contributed by atoms with Crippen LogP contribution in [0.2, 0.25) is 0 Å². The van der Waals surface area contributed by atoms with Gasteiger partial charge in [-0.1, -0.05) is 31.9 Å². The Balaban J connectivity index is 1.79. The van der Waals surface area contributed by atoms with E-state index in [4.69, 9.17) is 4.42 Å². The fraction of sp³-hybridized carbons (Fsp3) is 0.533. The zero-order valence-corrected chi connectivity index (χ0v) is 10.7. The molecule has 1 fully saturated rings. The smallest absolute Gasteiger partial charge is 0.198 e. The maximum Gasteiger partial charge on any atom is 0.198 e. The van der Waals surface area contributed by atoms with Crippen LogP contribution in [0.3, 0.4) is 0 Å². The SMILES string of the molecule is CC1(C(O)Cc2nc3ccccc3o2)CCCC1. The van der Waals surface area contributed by atoms with Gasteiger partial charge in [-0.2, -0.15) is 0 Å². The molecule has 1 heterocycles. The van der Waals surface area contributed by atoms with Crippen molar-refractivity contribution < 1.29 is 9.52 Å². The topological polar surface area (TPSA) is 46.3 Å². The lowest BCUT2D eigenvalue weighted by Gasteiger charge is -2.29. The Bertz CT molecular complexity index is 507. The molecule has 2 aromatic rings. The number of hydrogen-bond acceptors (Lipinski definition) is 3. The molecule has 0 aliphatic heterocycles. The summed E-state index contributed by atoms with van der Waals surface area (Å²) in [6, 6.07) is 7.73. The molecule has 3 rings (SSSR count). The Morgan fingerprint density at radius 1 is 1.33 bits per heavy atom. The van der Waals surface area contributed by atoms with Gasteiger partial charge in [0, 0.05) is 0 Å². The van der Waals surface area contributed by atoms with Gasteiger partial charge in [-0.05, 0) is 30.4 Å². The van der Waals surface area contributed by atoms with Crippen LogP contribution in [0.25, 0.3) is 11.1 Å². The standard InChI is InChI=1S/C15H19NO2/c1-15(8-4-5-9-15)13(17)10-14-16-11-6-2-3-7-12(11)18-14/h2-3,6-7,13,17H,4-5,8-10H2,1H3. The highest BCUT2D eigenvalue weighted by Gasteiger charge is 2.36. The van der Waals surface area contributed by atoms with Crippen molar-refractivity contribution in [2.75, 3.05) is 0 Å². The van der Waals surface area contributed by atoms with Gasteiger partial charge < -0.3 is 9.52 Å². The summed E-state index contributed by atoms with van der Waals surface area (Å²) in [7, 11) is 0. The Kier molecular flexibility index (Phi) is 2.86. The number of benzene rings is 1. The largest absolute Gasteiger partial charge is 0.441 e. The van der Waals surface area contributed by atoms with Crippen LogP contribution in [0.1, 0.15) is 38.5 Å². The predicted octanol–water partition coefficient (Wildman–Crippen LogP) is 3.31. The van der Waals surface area contributed by atoms with Crippen LogP contribution in [0, 0.1) is 5.41 Å². The summed E-state index contributed by atoms with van der Waals surface area (Å²) in [5, 5.41) is 10.4. The van der Waals surface area contributed by atoms with E-state index in [1.807, 2.05) is 24.3 Å². The average Bonchev–Trinajstić information content (AvgIpc) is 2.95. The first kappa shape index (κ1) is 11.7. The molecule has 1 aliphatic carbocycles. The lowest BCUT2D eigenvalue weighted by molar-refractivity contribution is 0.0377. The van der Waals surface area contributed by atoms with Crippen molar-refractivity contribution in [3.63, 3.8) is 0 Å². The molecule has 3 heteroatoms. The number of aliphatic hydroxyl groups excluding tert-OH is 1. The zero-order chi connectivity index (χ0) is 12.6. The van der Waals surface area contributed by atoms with Gasteiger partial charge in [0.2, 0.25) is 0 Å². The number of nitrogens with zero attached hydrogens (tertiary/aromatic N) is 1. The van der Waals surface area contributed by atoms with Crippen molar-refractivity contribution in [3.05, 3.63) is 30.2 Å². The molecular formula is C15H19NO2. The highest BCUT2D eigenvalue weighted by atomic mass is 16.4. The van der Waals surface area contributed by atoms with Crippen LogP contribution in [0.4, 0.5) is 0 Å². The third kappa shape index (κ3) is 2.03. The highest BCUT2D eigenvalue weighted by Crippen LogP contribution is 2.41. The van der Waals surface area contributed by atoms with Gasteiger partial charge >= 0.3 is 0 Å². The predicted molar refractivity (Wildman–Crippen MR) is 70.3 cm³/mol. The van der Waals surface area contributed by atoms with Gasteiger partial charge in [0.1, 0.15) is 5.52 Å². The minimum Gasteiger partial charge on any atom is -0.441 e. The van der Waals surface area contributed by atoms with Gasteiger partial charge in [0.25, 0.3) is 0 Å². The van der Waals surface area contributed by atoms with Crippen molar-refractivity contribution in [1.29, 1.82) is 0 Å². The molecule has 0 radical (unpaired) electrons. The van der Waals surface area contributed by atoms with Crippen molar-refractivity contribution >= 4 is 11.1 Å². The van der Waals surface area contributed by atoms with Crippen LogP contribution in [-0.4, -0.2) is 16.2 Å². The molecule has 0 spiro atoms. The van der Waals surface area contributed by atoms with Gasteiger partial charge in [0.15, 0.2) is 11.5 Å². The van der Waals surface area contributed by atoms with Crippen LogP contribution in [-0.2, 0) is 6.42 Å². The lowest BCUT2D eigenvalue weighted by atomic mass is 9.81. The maximum absolute atomic E-state index is 10.4. The van der Waals surface area contributed by atoms with Crippen molar-refractivity contribution in [1.82, 2.24) is 4.98 Å².